The summed E-state index contributed by atoms with van der Waals surface area (Å²) in [4.78, 5) is 0. The molecule has 0 aromatic heterocycles. The third-order valence-electron chi connectivity index (χ3n) is 3.58. The molecule has 0 fully saturated rings. The summed E-state index contributed by atoms with van der Waals surface area (Å²) in [5.41, 5.74) is 7.34. The van der Waals surface area contributed by atoms with Crippen LogP contribution in [0.5, 0.6) is 11.5 Å². The van der Waals surface area contributed by atoms with Crippen LogP contribution in [0.15, 0.2) is 18.2 Å². The van der Waals surface area contributed by atoms with E-state index in [2.05, 4.69) is 13.8 Å². The van der Waals surface area contributed by atoms with Crippen molar-refractivity contribution in [1.29, 1.82) is 0 Å². The van der Waals surface area contributed by atoms with Gasteiger partial charge in [-0.15, -0.1) is 0 Å². The summed E-state index contributed by atoms with van der Waals surface area (Å²) >= 11 is 0. The Morgan fingerprint density at radius 3 is 2.28 bits per heavy atom. The molecule has 0 saturated carbocycles. The van der Waals surface area contributed by atoms with Gasteiger partial charge in [0, 0.05) is 11.6 Å². The summed E-state index contributed by atoms with van der Waals surface area (Å²) in [6, 6.07) is 5.79. The highest BCUT2D eigenvalue weighted by Crippen LogP contribution is 2.32. The van der Waals surface area contributed by atoms with E-state index in [-0.39, 0.29) is 6.04 Å². The van der Waals surface area contributed by atoms with Crippen LogP contribution in [0.4, 0.5) is 0 Å². The van der Waals surface area contributed by atoms with E-state index in [0.29, 0.717) is 5.92 Å². The Labute approximate surface area is 110 Å². The van der Waals surface area contributed by atoms with Crippen LogP contribution in [0.1, 0.15) is 44.7 Å². The zero-order valence-corrected chi connectivity index (χ0v) is 11.9. The molecule has 0 heterocycles. The van der Waals surface area contributed by atoms with Gasteiger partial charge in [-0.2, -0.15) is 0 Å². The summed E-state index contributed by atoms with van der Waals surface area (Å²) in [7, 11) is 3.34. The molecule has 2 N–H and O–H groups in total. The van der Waals surface area contributed by atoms with Crippen LogP contribution >= 0.6 is 0 Å². The zero-order chi connectivity index (χ0) is 13.5. The van der Waals surface area contributed by atoms with Gasteiger partial charge in [-0.25, -0.2) is 0 Å². The average molecular weight is 251 g/mol. The number of ether oxygens (including phenoxy) is 2. The number of hydrogen-bond acceptors (Lipinski definition) is 3. The molecule has 102 valence electrons. The Bertz CT molecular complexity index is 362. The molecule has 1 rings (SSSR count). The van der Waals surface area contributed by atoms with E-state index < -0.39 is 0 Å². The lowest BCUT2D eigenvalue weighted by Gasteiger charge is -2.21. The summed E-state index contributed by atoms with van der Waals surface area (Å²) in [6.45, 7) is 4.42. The molecule has 1 aromatic carbocycles. The highest BCUT2D eigenvalue weighted by atomic mass is 16.5. The Hall–Kier alpha value is -1.22. The molecule has 1 unspecified atom stereocenters. The molecular formula is C15H25NO2. The van der Waals surface area contributed by atoms with E-state index in [9.17, 15) is 0 Å². The maximum atomic E-state index is 6.31. The second-order valence-corrected chi connectivity index (χ2v) is 4.63. The molecule has 18 heavy (non-hydrogen) atoms. The monoisotopic (exact) mass is 251 g/mol. The van der Waals surface area contributed by atoms with Crippen molar-refractivity contribution in [3.8, 4) is 11.5 Å². The quantitative estimate of drug-likeness (QED) is 0.806. The van der Waals surface area contributed by atoms with E-state index in [4.69, 9.17) is 15.2 Å². The molecule has 0 amide bonds. The van der Waals surface area contributed by atoms with Crippen molar-refractivity contribution in [2.45, 2.75) is 39.2 Å². The lowest BCUT2D eigenvalue weighted by atomic mass is 9.91. The number of benzene rings is 1. The molecule has 0 saturated heterocycles. The van der Waals surface area contributed by atoms with Gasteiger partial charge in [-0.1, -0.05) is 26.7 Å². The first-order chi connectivity index (χ1) is 8.65. The van der Waals surface area contributed by atoms with Crippen molar-refractivity contribution in [2.24, 2.45) is 11.7 Å². The van der Waals surface area contributed by atoms with Crippen molar-refractivity contribution < 1.29 is 9.47 Å². The number of hydrogen-bond donors (Lipinski definition) is 1. The van der Waals surface area contributed by atoms with Crippen LogP contribution in [0.25, 0.3) is 0 Å². The second-order valence-electron chi connectivity index (χ2n) is 4.63. The fourth-order valence-corrected chi connectivity index (χ4v) is 2.24. The van der Waals surface area contributed by atoms with Gasteiger partial charge in [0.05, 0.1) is 14.2 Å². The maximum Gasteiger partial charge on any atom is 0.123 e. The fourth-order valence-electron chi connectivity index (χ4n) is 2.24. The van der Waals surface area contributed by atoms with E-state index in [1.807, 2.05) is 18.2 Å². The van der Waals surface area contributed by atoms with Crippen molar-refractivity contribution in [1.82, 2.24) is 0 Å². The van der Waals surface area contributed by atoms with Crippen molar-refractivity contribution in [3.63, 3.8) is 0 Å². The molecule has 0 aliphatic rings. The van der Waals surface area contributed by atoms with Crippen LogP contribution in [-0.2, 0) is 0 Å². The van der Waals surface area contributed by atoms with Gasteiger partial charge < -0.3 is 15.2 Å². The average Bonchev–Trinajstić information content (AvgIpc) is 2.43. The molecule has 0 spiro atoms. The first-order valence-electron chi connectivity index (χ1n) is 6.63. The molecule has 1 aromatic rings. The highest BCUT2D eigenvalue weighted by molar-refractivity contribution is 5.42. The maximum absolute atomic E-state index is 6.31. The van der Waals surface area contributed by atoms with Gasteiger partial charge in [0.15, 0.2) is 0 Å². The van der Waals surface area contributed by atoms with Crippen LogP contribution in [0.2, 0.25) is 0 Å². The largest absolute Gasteiger partial charge is 0.497 e. The van der Waals surface area contributed by atoms with E-state index in [1.54, 1.807) is 14.2 Å². The molecule has 0 radical (unpaired) electrons. The minimum Gasteiger partial charge on any atom is -0.497 e. The molecule has 0 aliphatic carbocycles. The smallest absolute Gasteiger partial charge is 0.123 e. The predicted molar refractivity (Wildman–Crippen MR) is 75.2 cm³/mol. The Kier molecular flexibility index (Phi) is 5.99. The minimum absolute atomic E-state index is 0.0000463. The van der Waals surface area contributed by atoms with E-state index >= 15 is 0 Å². The molecule has 3 nitrogen and oxygen atoms in total. The lowest BCUT2D eigenvalue weighted by molar-refractivity contribution is 0.377. The van der Waals surface area contributed by atoms with Crippen LogP contribution in [0, 0.1) is 5.92 Å². The van der Waals surface area contributed by atoms with Gasteiger partial charge in [-0.3, -0.25) is 0 Å². The molecule has 1 atom stereocenters. The molecule has 0 aliphatic heterocycles. The second kappa shape index (κ2) is 7.27. The highest BCUT2D eigenvalue weighted by Gasteiger charge is 2.16. The standard InChI is InChI=1S/C15H25NO2/c1-5-11(6-2)9-14(16)13-10-12(17-3)7-8-15(13)18-4/h7-8,10-11,14H,5-6,9,16H2,1-4H3. The Morgan fingerprint density at radius 2 is 1.78 bits per heavy atom. The number of rotatable bonds is 7. The third kappa shape index (κ3) is 3.64. The van der Waals surface area contributed by atoms with E-state index in [1.165, 1.54) is 0 Å². The topological polar surface area (TPSA) is 44.5 Å². The van der Waals surface area contributed by atoms with Crippen LogP contribution in [0.3, 0.4) is 0 Å². The number of nitrogens with two attached hydrogens (primary N) is 1. The van der Waals surface area contributed by atoms with Gasteiger partial charge in [-0.05, 0) is 30.5 Å². The first kappa shape index (κ1) is 14.8. The zero-order valence-electron chi connectivity index (χ0n) is 11.9. The van der Waals surface area contributed by atoms with Crippen LogP contribution < -0.4 is 15.2 Å². The lowest BCUT2D eigenvalue weighted by Crippen LogP contribution is -2.16. The van der Waals surface area contributed by atoms with Crippen molar-refractivity contribution in [2.75, 3.05) is 14.2 Å². The Balaban J connectivity index is 2.91. The Morgan fingerprint density at radius 1 is 1.11 bits per heavy atom. The summed E-state index contributed by atoms with van der Waals surface area (Å²) in [5.74, 6) is 2.33. The van der Waals surface area contributed by atoms with Gasteiger partial charge in [0.25, 0.3) is 0 Å². The SMILES string of the molecule is CCC(CC)CC(N)c1cc(OC)ccc1OC. The van der Waals surface area contributed by atoms with Gasteiger partial charge in [0.1, 0.15) is 11.5 Å². The summed E-state index contributed by atoms with van der Waals surface area (Å²) < 4.78 is 10.6. The third-order valence-corrected chi connectivity index (χ3v) is 3.58. The van der Waals surface area contributed by atoms with E-state index in [0.717, 1.165) is 36.3 Å². The molecular weight excluding hydrogens is 226 g/mol. The normalized spacial score (nSPS) is 12.6. The summed E-state index contributed by atoms with van der Waals surface area (Å²) in [5, 5.41) is 0. The van der Waals surface area contributed by atoms with Crippen molar-refractivity contribution in [3.05, 3.63) is 23.8 Å². The predicted octanol–water partition coefficient (Wildman–Crippen LogP) is 3.53. The fraction of sp³-hybridized carbons (Fsp3) is 0.600. The summed E-state index contributed by atoms with van der Waals surface area (Å²) in [6.07, 6.45) is 3.31. The minimum atomic E-state index is -0.0000463. The van der Waals surface area contributed by atoms with Crippen molar-refractivity contribution >= 4 is 0 Å². The van der Waals surface area contributed by atoms with Gasteiger partial charge >= 0.3 is 0 Å². The van der Waals surface area contributed by atoms with Gasteiger partial charge in [0.2, 0.25) is 0 Å². The first-order valence-corrected chi connectivity index (χ1v) is 6.63. The number of methoxy groups -OCH3 is 2. The molecule has 3 heteroatoms. The van der Waals surface area contributed by atoms with Crippen LogP contribution in [-0.4, -0.2) is 14.2 Å². The molecule has 0 bridgehead atoms.